The minimum Gasteiger partial charge on any atom is -0.482 e. The number of hydrogen-bond acceptors (Lipinski definition) is 2. The Labute approximate surface area is 87.5 Å². The minimum absolute atomic E-state index is 0.362. The molecule has 0 fully saturated rings. The van der Waals surface area contributed by atoms with E-state index in [9.17, 15) is 9.18 Å². The molecule has 15 heavy (non-hydrogen) atoms. The van der Waals surface area contributed by atoms with E-state index < -0.39 is 18.2 Å². The summed E-state index contributed by atoms with van der Waals surface area (Å²) < 4.78 is 18.5. The zero-order valence-electron chi connectivity index (χ0n) is 8.66. The van der Waals surface area contributed by atoms with Crippen molar-refractivity contribution >= 4 is 5.97 Å². The summed E-state index contributed by atoms with van der Waals surface area (Å²) in [5, 5.41) is 8.40. The van der Waals surface area contributed by atoms with Crippen molar-refractivity contribution < 1.29 is 19.0 Å². The molecule has 0 saturated carbocycles. The van der Waals surface area contributed by atoms with Gasteiger partial charge in [0.2, 0.25) is 0 Å². The molecule has 0 aliphatic carbocycles. The average Bonchev–Trinajstić information content (AvgIpc) is 2.14. The third-order valence-corrected chi connectivity index (χ3v) is 1.88. The van der Waals surface area contributed by atoms with E-state index in [2.05, 4.69) is 0 Å². The van der Waals surface area contributed by atoms with Crippen molar-refractivity contribution in [2.75, 3.05) is 6.61 Å². The van der Waals surface area contributed by atoms with Crippen LogP contribution in [0.1, 0.15) is 19.4 Å². The van der Waals surface area contributed by atoms with Gasteiger partial charge in [-0.05, 0) is 31.5 Å². The number of alkyl halides is 1. The summed E-state index contributed by atoms with van der Waals surface area (Å²) in [5.41, 5.74) is -0.992. The summed E-state index contributed by atoms with van der Waals surface area (Å²) in [6.07, 6.45) is 0. The van der Waals surface area contributed by atoms with Gasteiger partial charge in [-0.2, -0.15) is 0 Å². The molecule has 0 spiro atoms. The number of benzene rings is 1. The molecule has 0 unspecified atom stereocenters. The lowest BCUT2D eigenvalue weighted by atomic mass is 10.0. The SMILES string of the molecule is CC(C)(F)c1cccc(OCC(=O)O)c1. The first kappa shape index (κ1) is 11.5. The van der Waals surface area contributed by atoms with Crippen molar-refractivity contribution in [2.24, 2.45) is 0 Å². The van der Waals surface area contributed by atoms with Gasteiger partial charge in [-0.25, -0.2) is 9.18 Å². The average molecular weight is 212 g/mol. The highest BCUT2D eigenvalue weighted by Gasteiger charge is 2.18. The smallest absolute Gasteiger partial charge is 0.341 e. The van der Waals surface area contributed by atoms with Crippen LogP contribution in [0.2, 0.25) is 0 Å². The van der Waals surface area contributed by atoms with Crippen LogP contribution in [-0.2, 0) is 10.5 Å². The van der Waals surface area contributed by atoms with Gasteiger partial charge in [-0.3, -0.25) is 0 Å². The van der Waals surface area contributed by atoms with Crippen LogP contribution in [0, 0.1) is 0 Å². The van der Waals surface area contributed by atoms with Crippen LogP contribution in [0.3, 0.4) is 0 Å². The quantitative estimate of drug-likeness (QED) is 0.833. The number of carboxylic acid groups (broad SMARTS) is 1. The van der Waals surface area contributed by atoms with Gasteiger partial charge in [0.05, 0.1) is 0 Å². The van der Waals surface area contributed by atoms with Crippen molar-refractivity contribution in [1.82, 2.24) is 0 Å². The molecular formula is C11H13FO3. The maximum absolute atomic E-state index is 13.5. The Morgan fingerprint density at radius 1 is 1.53 bits per heavy atom. The summed E-state index contributed by atoms with van der Waals surface area (Å²) in [6, 6.07) is 6.36. The van der Waals surface area contributed by atoms with Gasteiger partial charge in [0.1, 0.15) is 11.4 Å². The van der Waals surface area contributed by atoms with Crippen LogP contribution in [0.25, 0.3) is 0 Å². The minimum atomic E-state index is -1.46. The number of halogens is 1. The molecule has 0 atom stereocenters. The third-order valence-electron chi connectivity index (χ3n) is 1.88. The second-order valence-electron chi connectivity index (χ2n) is 3.68. The molecule has 0 aliphatic heterocycles. The molecular weight excluding hydrogens is 199 g/mol. The summed E-state index contributed by atoms with van der Waals surface area (Å²) in [7, 11) is 0. The normalized spacial score (nSPS) is 11.1. The van der Waals surface area contributed by atoms with Crippen molar-refractivity contribution in [3.63, 3.8) is 0 Å². The zero-order chi connectivity index (χ0) is 11.5. The zero-order valence-corrected chi connectivity index (χ0v) is 8.66. The predicted octanol–water partition coefficient (Wildman–Crippen LogP) is 2.35. The summed E-state index contributed by atoms with van der Waals surface area (Å²) >= 11 is 0. The Balaban J connectivity index is 2.79. The number of rotatable bonds is 4. The van der Waals surface area contributed by atoms with E-state index in [1.165, 1.54) is 19.9 Å². The largest absolute Gasteiger partial charge is 0.482 e. The van der Waals surface area contributed by atoms with E-state index in [4.69, 9.17) is 9.84 Å². The molecule has 0 saturated heterocycles. The molecule has 0 amide bonds. The number of hydrogen-bond donors (Lipinski definition) is 1. The Kier molecular flexibility index (Phi) is 3.29. The van der Waals surface area contributed by atoms with Crippen LogP contribution in [-0.4, -0.2) is 17.7 Å². The molecule has 0 radical (unpaired) electrons. The van der Waals surface area contributed by atoms with Gasteiger partial charge >= 0.3 is 5.97 Å². The molecule has 1 aromatic rings. The lowest BCUT2D eigenvalue weighted by Crippen LogP contribution is -2.11. The first-order chi connectivity index (χ1) is 6.89. The standard InChI is InChI=1S/C11H13FO3/c1-11(2,12)8-4-3-5-9(6-8)15-7-10(13)14/h3-6H,7H2,1-2H3,(H,13,14). The fourth-order valence-corrected chi connectivity index (χ4v) is 1.10. The van der Waals surface area contributed by atoms with Crippen molar-refractivity contribution in [2.45, 2.75) is 19.5 Å². The highest BCUT2D eigenvalue weighted by Crippen LogP contribution is 2.27. The van der Waals surface area contributed by atoms with Crippen LogP contribution in [0.5, 0.6) is 5.75 Å². The number of aliphatic carboxylic acids is 1. The molecule has 0 aromatic heterocycles. The Bertz CT molecular complexity index is 355. The predicted molar refractivity (Wildman–Crippen MR) is 53.7 cm³/mol. The molecule has 4 heteroatoms. The van der Waals surface area contributed by atoms with Crippen molar-refractivity contribution in [3.8, 4) is 5.75 Å². The molecule has 1 rings (SSSR count). The van der Waals surface area contributed by atoms with Crippen LogP contribution >= 0.6 is 0 Å². The monoisotopic (exact) mass is 212 g/mol. The number of carboxylic acids is 1. The third kappa shape index (κ3) is 3.58. The highest BCUT2D eigenvalue weighted by molar-refractivity contribution is 5.68. The van der Waals surface area contributed by atoms with E-state index in [0.29, 0.717) is 11.3 Å². The van der Waals surface area contributed by atoms with E-state index in [-0.39, 0.29) is 0 Å². The molecule has 1 N–H and O–H groups in total. The molecule has 3 nitrogen and oxygen atoms in total. The van der Waals surface area contributed by atoms with Gasteiger partial charge < -0.3 is 9.84 Å². The summed E-state index contributed by atoms with van der Waals surface area (Å²) in [4.78, 5) is 10.3. The Morgan fingerprint density at radius 2 is 2.20 bits per heavy atom. The number of carbonyl (C=O) groups is 1. The Morgan fingerprint density at radius 3 is 2.73 bits per heavy atom. The second kappa shape index (κ2) is 4.29. The molecule has 0 heterocycles. The van der Waals surface area contributed by atoms with E-state index in [1.54, 1.807) is 18.2 Å². The van der Waals surface area contributed by atoms with Gasteiger partial charge in [0.15, 0.2) is 6.61 Å². The summed E-state index contributed by atoms with van der Waals surface area (Å²) in [6.45, 7) is 2.45. The first-order valence-electron chi connectivity index (χ1n) is 4.53. The maximum Gasteiger partial charge on any atom is 0.341 e. The molecule has 0 aliphatic rings. The van der Waals surface area contributed by atoms with Crippen LogP contribution in [0.15, 0.2) is 24.3 Å². The van der Waals surface area contributed by atoms with Crippen molar-refractivity contribution in [1.29, 1.82) is 0 Å². The highest BCUT2D eigenvalue weighted by atomic mass is 19.1. The fourth-order valence-electron chi connectivity index (χ4n) is 1.10. The molecule has 1 aromatic carbocycles. The topological polar surface area (TPSA) is 46.5 Å². The fraction of sp³-hybridized carbons (Fsp3) is 0.364. The van der Waals surface area contributed by atoms with E-state index >= 15 is 0 Å². The lowest BCUT2D eigenvalue weighted by molar-refractivity contribution is -0.139. The second-order valence-corrected chi connectivity index (χ2v) is 3.68. The van der Waals surface area contributed by atoms with Gasteiger partial charge in [0.25, 0.3) is 0 Å². The van der Waals surface area contributed by atoms with Crippen LogP contribution in [0.4, 0.5) is 4.39 Å². The molecule has 0 bridgehead atoms. The first-order valence-corrected chi connectivity index (χ1v) is 4.53. The van der Waals surface area contributed by atoms with Gasteiger partial charge in [-0.15, -0.1) is 0 Å². The van der Waals surface area contributed by atoms with E-state index in [1.807, 2.05) is 0 Å². The summed E-state index contributed by atoms with van der Waals surface area (Å²) in [5.74, 6) is -0.694. The number of ether oxygens (including phenoxy) is 1. The Hall–Kier alpha value is -1.58. The molecule has 82 valence electrons. The van der Waals surface area contributed by atoms with E-state index in [0.717, 1.165) is 0 Å². The lowest BCUT2D eigenvalue weighted by Gasteiger charge is -2.15. The van der Waals surface area contributed by atoms with Crippen molar-refractivity contribution in [3.05, 3.63) is 29.8 Å². The maximum atomic E-state index is 13.5. The van der Waals surface area contributed by atoms with Gasteiger partial charge in [0, 0.05) is 0 Å². The van der Waals surface area contributed by atoms with Crippen LogP contribution < -0.4 is 4.74 Å². The van der Waals surface area contributed by atoms with Gasteiger partial charge in [-0.1, -0.05) is 12.1 Å².